The third-order valence-corrected chi connectivity index (χ3v) is 11.9. The van der Waals surface area contributed by atoms with Crippen LogP contribution in [0, 0.1) is 0 Å². The van der Waals surface area contributed by atoms with Crippen LogP contribution in [0.5, 0.6) is 0 Å². The van der Waals surface area contributed by atoms with E-state index in [1.165, 1.54) is 0 Å². The minimum Gasteiger partial charge on any atom is -0.444 e. The zero-order valence-electron chi connectivity index (χ0n) is 39.3. The van der Waals surface area contributed by atoms with Gasteiger partial charge in [0.1, 0.15) is 28.7 Å². The van der Waals surface area contributed by atoms with Crippen LogP contribution in [0.1, 0.15) is 96.4 Å². The number of rotatable bonds is 7. The van der Waals surface area contributed by atoms with Crippen molar-refractivity contribution in [3.05, 3.63) is 149 Å². The van der Waals surface area contributed by atoms with E-state index in [-0.39, 0.29) is 29.6 Å². The largest absolute Gasteiger partial charge is 0.444 e. The number of carbonyl (C=O) groups is 2. The van der Waals surface area contributed by atoms with Crippen LogP contribution in [0.2, 0.25) is 0 Å². The average Bonchev–Trinajstić information content (AvgIpc) is 3.33. The molecule has 2 aliphatic rings. The van der Waals surface area contributed by atoms with Gasteiger partial charge in [0.05, 0.1) is 34.0 Å². The smallest absolute Gasteiger partial charge is 0.410 e. The van der Waals surface area contributed by atoms with Gasteiger partial charge in [0.2, 0.25) is 0 Å². The number of pyridine rings is 1. The van der Waals surface area contributed by atoms with Crippen molar-refractivity contribution in [1.29, 1.82) is 0 Å². The van der Waals surface area contributed by atoms with E-state index in [1.807, 2.05) is 126 Å². The number of aromatic nitrogens is 5. The van der Waals surface area contributed by atoms with Crippen LogP contribution < -0.4 is 10.9 Å². The lowest BCUT2D eigenvalue weighted by molar-refractivity contribution is 0.0193. The Kier molecular flexibility index (Phi) is 14.0. The Labute approximate surface area is 392 Å². The van der Waals surface area contributed by atoms with Gasteiger partial charge in [-0.25, -0.2) is 24.5 Å². The number of piperidine rings is 2. The molecule has 0 saturated carbocycles. The molecule has 0 bridgehead atoms. The Morgan fingerprint density at radius 2 is 1.12 bits per heavy atom. The average molecular weight is 901 g/mol. The first kappa shape index (κ1) is 46.4. The number of hydrogen-bond donors (Lipinski definition) is 2. The molecule has 13 heteroatoms. The lowest BCUT2D eigenvalue weighted by Crippen LogP contribution is -2.41. The molecule has 5 heterocycles. The van der Waals surface area contributed by atoms with Gasteiger partial charge in [0, 0.05) is 44.2 Å². The molecular formula is C54H60N8O5. The number of nitrogens with zero attached hydrogens (tertiary/aromatic N) is 6. The van der Waals surface area contributed by atoms with Crippen molar-refractivity contribution in [2.24, 2.45) is 0 Å². The molecule has 0 aliphatic carbocycles. The van der Waals surface area contributed by atoms with Crippen molar-refractivity contribution in [3.8, 4) is 22.3 Å². The van der Waals surface area contributed by atoms with Gasteiger partial charge in [-0.05, 0) is 114 Å². The van der Waals surface area contributed by atoms with E-state index < -0.39 is 11.2 Å². The molecule has 2 N–H and O–H groups in total. The minimum absolute atomic E-state index is 0.112. The third kappa shape index (κ3) is 11.6. The van der Waals surface area contributed by atoms with Gasteiger partial charge in [-0.15, -0.1) is 0 Å². The molecule has 4 aromatic carbocycles. The number of aromatic amines is 1. The summed E-state index contributed by atoms with van der Waals surface area (Å²) in [6.45, 7) is 14.3. The number of amides is 2. The second kappa shape index (κ2) is 20.2. The van der Waals surface area contributed by atoms with Crippen molar-refractivity contribution in [3.63, 3.8) is 0 Å². The molecular weight excluding hydrogens is 841 g/mol. The highest BCUT2D eigenvalue weighted by Gasteiger charge is 2.31. The lowest BCUT2D eigenvalue weighted by Gasteiger charge is -2.33. The fourth-order valence-electron chi connectivity index (χ4n) is 8.62. The fraction of sp³-hybridized carbons (Fsp3) is 0.352. The molecule has 9 rings (SSSR count). The number of likely N-dealkylation sites (tertiary alicyclic amines) is 2. The van der Waals surface area contributed by atoms with E-state index in [0.29, 0.717) is 49.5 Å². The summed E-state index contributed by atoms with van der Waals surface area (Å²) in [7, 11) is 0. The Morgan fingerprint density at radius 3 is 1.64 bits per heavy atom. The van der Waals surface area contributed by atoms with Crippen molar-refractivity contribution < 1.29 is 19.1 Å². The Hall–Kier alpha value is -7.15. The fourth-order valence-corrected chi connectivity index (χ4v) is 8.62. The molecule has 13 nitrogen and oxygen atoms in total. The number of anilines is 1. The SMILES string of the molecule is CC(C)(C)OC(=O)N1CCC(c2nc(NCc3ccccn3)c3c(-c4ccccc4)cccc3n2)CC1.CC(C)(C)OC(=O)N1CCC(c2nc3cccc(-c4ccccc4)c3c(=O)[nH]2)CC1. The molecule has 0 unspecified atom stereocenters. The summed E-state index contributed by atoms with van der Waals surface area (Å²) >= 11 is 0. The molecule has 2 amide bonds. The Morgan fingerprint density at radius 1 is 0.612 bits per heavy atom. The van der Waals surface area contributed by atoms with Gasteiger partial charge in [0.15, 0.2) is 0 Å². The quantitative estimate of drug-likeness (QED) is 0.158. The number of benzene rings is 4. The van der Waals surface area contributed by atoms with Crippen LogP contribution >= 0.6 is 0 Å². The van der Waals surface area contributed by atoms with E-state index in [4.69, 9.17) is 24.4 Å². The van der Waals surface area contributed by atoms with Crippen molar-refractivity contribution in [2.45, 2.75) is 96.8 Å². The van der Waals surface area contributed by atoms with E-state index in [2.05, 4.69) is 45.6 Å². The predicted molar refractivity (Wildman–Crippen MR) is 264 cm³/mol. The number of hydrogen-bond acceptors (Lipinski definition) is 10. The number of ether oxygens (including phenoxy) is 2. The zero-order valence-corrected chi connectivity index (χ0v) is 39.3. The number of nitrogens with one attached hydrogen (secondary N) is 2. The molecule has 0 radical (unpaired) electrons. The van der Waals surface area contributed by atoms with Crippen LogP contribution in [0.15, 0.2) is 126 Å². The van der Waals surface area contributed by atoms with Crippen molar-refractivity contribution >= 4 is 39.8 Å². The summed E-state index contributed by atoms with van der Waals surface area (Å²) in [5.41, 5.74) is 5.51. The molecule has 2 fully saturated rings. The molecule has 2 saturated heterocycles. The van der Waals surface area contributed by atoms with Gasteiger partial charge in [0.25, 0.3) is 5.56 Å². The predicted octanol–water partition coefficient (Wildman–Crippen LogP) is 11.1. The van der Waals surface area contributed by atoms with Crippen LogP contribution in [-0.4, -0.2) is 84.3 Å². The van der Waals surface area contributed by atoms with Gasteiger partial charge < -0.3 is 29.6 Å². The maximum Gasteiger partial charge on any atom is 0.410 e. The highest BCUT2D eigenvalue weighted by Crippen LogP contribution is 2.36. The molecule has 0 spiro atoms. The Balaban J connectivity index is 0.000000186. The van der Waals surface area contributed by atoms with Gasteiger partial charge >= 0.3 is 12.2 Å². The molecule has 67 heavy (non-hydrogen) atoms. The standard InChI is InChI=1S/C30H33N5O2.C24H27N3O3/c1-30(2,3)37-29(36)35-18-15-22(16-19-35)27-33-25-14-9-13-24(21-10-5-4-6-11-21)26(25)28(34-27)32-20-23-12-7-8-17-31-23;1-24(2,3)30-23(29)27-14-12-17(13-15-27)21-25-19-11-7-10-18(20(19)22(28)26-21)16-8-5-4-6-9-16/h4-14,17,22H,15-16,18-20H2,1-3H3,(H,32,33,34);4-11,17H,12-15H2,1-3H3,(H,25,26,28). The molecule has 3 aromatic heterocycles. The monoisotopic (exact) mass is 900 g/mol. The van der Waals surface area contributed by atoms with Crippen molar-refractivity contribution in [2.75, 3.05) is 31.5 Å². The van der Waals surface area contributed by atoms with Crippen LogP contribution in [0.3, 0.4) is 0 Å². The second-order valence-corrected chi connectivity index (χ2v) is 19.2. The normalized spacial score (nSPS) is 14.9. The molecule has 346 valence electrons. The minimum atomic E-state index is -0.504. The summed E-state index contributed by atoms with van der Waals surface area (Å²) in [6, 6.07) is 38.1. The van der Waals surface area contributed by atoms with E-state index in [9.17, 15) is 14.4 Å². The van der Waals surface area contributed by atoms with Crippen molar-refractivity contribution in [1.82, 2.24) is 34.7 Å². The first-order valence-corrected chi connectivity index (χ1v) is 23.2. The maximum absolute atomic E-state index is 13.0. The van der Waals surface area contributed by atoms with E-state index >= 15 is 0 Å². The van der Waals surface area contributed by atoms with Crippen LogP contribution in [-0.2, 0) is 16.0 Å². The number of H-pyrrole nitrogens is 1. The topological polar surface area (TPSA) is 156 Å². The highest BCUT2D eigenvalue weighted by molar-refractivity contribution is 6.02. The molecule has 7 aromatic rings. The summed E-state index contributed by atoms with van der Waals surface area (Å²) < 4.78 is 11.0. The first-order chi connectivity index (χ1) is 32.2. The number of carbonyl (C=O) groups excluding carboxylic acids is 2. The van der Waals surface area contributed by atoms with Gasteiger partial charge in [-0.1, -0.05) is 91.0 Å². The summed E-state index contributed by atoms with van der Waals surface area (Å²) in [5, 5.41) is 5.16. The summed E-state index contributed by atoms with van der Waals surface area (Å²) in [6.07, 6.45) is 4.34. The zero-order chi connectivity index (χ0) is 47.1. The summed E-state index contributed by atoms with van der Waals surface area (Å²) in [5.74, 6) is 2.59. The van der Waals surface area contributed by atoms with E-state index in [1.54, 1.807) is 16.0 Å². The maximum atomic E-state index is 13.0. The van der Waals surface area contributed by atoms with Crippen LogP contribution in [0.4, 0.5) is 15.4 Å². The molecule has 0 atom stereocenters. The first-order valence-electron chi connectivity index (χ1n) is 23.2. The second-order valence-electron chi connectivity index (χ2n) is 19.2. The molecule has 2 aliphatic heterocycles. The highest BCUT2D eigenvalue weighted by atomic mass is 16.6. The van der Waals surface area contributed by atoms with Crippen LogP contribution in [0.25, 0.3) is 44.1 Å². The van der Waals surface area contributed by atoms with E-state index in [0.717, 1.165) is 76.2 Å². The Bertz CT molecular complexity index is 2860. The van der Waals surface area contributed by atoms with Gasteiger partial charge in [-0.3, -0.25) is 9.78 Å². The number of fused-ring (bicyclic) bond motifs is 2. The summed E-state index contributed by atoms with van der Waals surface area (Å²) in [4.78, 5) is 63.7. The third-order valence-electron chi connectivity index (χ3n) is 11.9. The lowest BCUT2D eigenvalue weighted by atomic mass is 9.95. The van der Waals surface area contributed by atoms with Gasteiger partial charge in [-0.2, -0.15) is 0 Å².